The number of unbranched alkanes of at least 4 members (excludes halogenated alkanes) is 1. The van der Waals surface area contributed by atoms with Gasteiger partial charge >= 0.3 is 6.16 Å². The van der Waals surface area contributed by atoms with Crippen molar-refractivity contribution >= 4 is 6.16 Å². The van der Waals surface area contributed by atoms with Crippen molar-refractivity contribution in [2.75, 3.05) is 0 Å². The summed E-state index contributed by atoms with van der Waals surface area (Å²) in [6.45, 7) is 2.10. The van der Waals surface area contributed by atoms with E-state index < -0.39 is 6.16 Å². The van der Waals surface area contributed by atoms with E-state index in [1.165, 1.54) is 6.07 Å². The molecule has 0 fully saturated rings. The maximum Gasteiger partial charge on any atom is 0.511 e. The monoisotopic (exact) mass is 286 g/mol. The molecule has 0 aromatic heterocycles. The maximum atomic E-state index is 10.7. The quantitative estimate of drug-likeness (QED) is 0.629. The number of ether oxygens (including phenoxy) is 1. The molecule has 0 heterocycles. The second-order valence-corrected chi connectivity index (χ2v) is 4.78. The predicted octanol–water partition coefficient (Wildman–Crippen LogP) is 4.46. The molecule has 2 N–H and O–H groups in total. The zero-order valence-electron chi connectivity index (χ0n) is 11.9. The lowest BCUT2D eigenvalue weighted by Crippen LogP contribution is -2.04. The number of benzene rings is 2. The van der Waals surface area contributed by atoms with Crippen molar-refractivity contribution < 1.29 is 19.7 Å². The number of carboxylic acid groups (broad SMARTS) is 1. The number of aryl methyl sites for hydroxylation is 1. The lowest BCUT2D eigenvalue weighted by Gasteiger charge is -2.14. The Morgan fingerprint density at radius 1 is 1.14 bits per heavy atom. The van der Waals surface area contributed by atoms with Crippen LogP contribution in [-0.4, -0.2) is 16.4 Å². The molecule has 0 aliphatic rings. The Morgan fingerprint density at radius 2 is 1.86 bits per heavy atom. The van der Waals surface area contributed by atoms with Crippen LogP contribution in [0.5, 0.6) is 11.5 Å². The molecule has 0 spiro atoms. The van der Waals surface area contributed by atoms with Gasteiger partial charge in [0.25, 0.3) is 0 Å². The summed E-state index contributed by atoms with van der Waals surface area (Å²) in [6.07, 6.45) is 1.42. The summed E-state index contributed by atoms with van der Waals surface area (Å²) in [5.41, 5.74) is 2.47. The van der Waals surface area contributed by atoms with Gasteiger partial charge in [-0.3, -0.25) is 0 Å². The molecule has 0 aliphatic heterocycles. The van der Waals surface area contributed by atoms with E-state index >= 15 is 0 Å². The molecule has 0 radical (unpaired) electrons. The highest BCUT2D eigenvalue weighted by Gasteiger charge is 2.17. The van der Waals surface area contributed by atoms with Gasteiger partial charge in [-0.2, -0.15) is 0 Å². The molecular formula is C17H18O4. The molecule has 0 aliphatic carbocycles. The van der Waals surface area contributed by atoms with Gasteiger partial charge in [-0.1, -0.05) is 49.7 Å². The standard InChI is InChI=1S/C17H18O4/c1-2-3-7-13-10-11-14(21-17(19)20)16(18)15(13)12-8-5-4-6-9-12/h4-6,8-11,18H,2-3,7H2,1H3,(H,19,20). The number of rotatable bonds is 5. The lowest BCUT2D eigenvalue weighted by molar-refractivity contribution is 0.143. The minimum atomic E-state index is -1.44. The molecule has 0 amide bonds. The average molecular weight is 286 g/mol. The zero-order valence-corrected chi connectivity index (χ0v) is 11.9. The summed E-state index contributed by atoms with van der Waals surface area (Å²) in [7, 11) is 0. The molecule has 2 aromatic carbocycles. The van der Waals surface area contributed by atoms with E-state index in [2.05, 4.69) is 11.7 Å². The van der Waals surface area contributed by atoms with Crippen LogP contribution in [0.2, 0.25) is 0 Å². The summed E-state index contributed by atoms with van der Waals surface area (Å²) in [5, 5.41) is 19.1. The highest BCUT2D eigenvalue weighted by atomic mass is 16.7. The van der Waals surface area contributed by atoms with Gasteiger partial charge in [0.05, 0.1) is 0 Å². The largest absolute Gasteiger partial charge is 0.511 e. The third-order valence-electron chi connectivity index (χ3n) is 3.29. The van der Waals surface area contributed by atoms with Crippen molar-refractivity contribution in [3.63, 3.8) is 0 Å². The average Bonchev–Trinajstić information content (AvgIpc) is 2.48. The summed E-state index contributed by atoms with van der Waals surface area (Å²) in [5.74, 6) is -0.168. The molecule has 4 nitrogen and oxygen atoms in total. The summed E-state index contributed by atoms with van der Waals surface area (Å²) < 4.78 is 4.63. The van der Waals surface area contributed by atoms with Gasteiger partial charge in [-0.25, -0.2) is 4.79 Å². The van der Waals surface area contributed by atoms with E-state index in [9.17, 15) is 9.90 Å². The van der Waals surface area contributed by atoms with Crippen molar-refractivity contribution in [2.45, 2.75) is 26.2 Å². The third-order valence-corrected chi connectivity index (χ3v) is 3.29. The summed E-state index contributed by atoms with van der Waals surface area (Å²) in [6, 6.07) is 12.7. The number of aromatic hydroxyl groups is 1. The van der Waals surface area contributed by atoms with Gasteiger partial charge in [-0.05, 0) is 30.0 Å². The Hall–Kier alpha value is -2.49. The first kappa shape index (κ1) is 14.9. The Bertz CT molecular complexity index is 620. The van der Waals surface area contributed by atoms with Crippen molar-refractivity contribution in [3.05, 3.63) is 48.0 Å². The van der Waals surface area contributed by atoms with Crippen molar-refractivity contribution in [1.29, 1.82) is 0 Å². The first-order chi connectivity index (χ1) is 10.1. The SMILES string of the molecule is CCCCc1ccc(OC(=O)O)c(O)c1-c1ccccc1. The van der Waals surface area contributed by atoms with Gasteiger partial charge in [0.15, 0.2) is 11.5 Å². The zero-order chi connectivity index (χ0) is 15.2. The van der Waals surface area contributed by atoms with Crippen LogP contribution in [0.4, 0.5) is 4.79 Å². The molecule has 0 bridgehead atoms. The predicted molar refractivity (Wildman–Crippen MR) is 80.8 cm³/mol. The smallest absolute Gasteiger partial charge is 0.504 e. The summed E-state index contributed by atoms with van der Waals surface area (Å²) in [4.78, 5) is 10.7. The van der Waals surface area contributed by atoms with Gasteiger partial charge in [0.1, 0.15) is 0 Å². The minimum absolute atomic E-state index is 0.0402. The molecular weight excluding hydrogens is 268 g/mol. The maximum absolute atomic E-state index is 10.7. The first-order valence-corrected chi connectivity index (χ1v) is 6.94. The Labute approximate surface area is 123 Å². The van der Waals surface area contributed by atoms with E-state index in [4.69, 9.17) is 5.11 Å². The Kier molecular flexibility index (Phi) is 4.82. The fourth-order valence-electron chi connectivity index (χ4n) is 2.29. The van der Waals surface area contributed by atoms with E-state index in [-0.39, 0.29) is 11.5 Å². The second kappa shape index (κ2) is 6.79. The number of phenols is 1. The number of hydrogen-bond acceptors (Lipinski definition) is 3. The van der Waals surface area contributed by atoms with Crippen molar-refractivity contribution in [3.8, 4) is 22.6 Å². The van der Waals surface area contributed by atoms with E-state index in [1.54, 1.807) is 0 Å². The van der Waals surface area contributed by atoms with Gasteiger partial charge in [0, 0.05) is 5.56 Å². The van der Waals surface area contributed by atoms with E-state index in [0.717, 1.165) is 30.4 Å². The molecule has 0 unspecified atom stereocenters. The first-order valence-electron chi connectivity index (χ1n) is 6.94. The molecule has 2 aromatic rings. The van der Waals surface area contributed by atoms with Gasteiger partial charge in [0.2, 0.25) is 0 Å². The topological polar surface area (TPSA) is 66.8 Å². The van der Waals surface area contributed by atoms with Crippen molar-refractivity contribution in [1.82, 2.24) is 0 Å². The minimum Gasteiger partial charge on any atom is -0.504 e. The highest BCUT2D eigenvalue weighted by Crippen LogP contribution is 2.40. The van der Waals surface area contributed by atoms with Crippen LogP contribution in [0.3, 0.4) is 0 Å². The Balaban J connectivity index is 2.52. The summed E-state index contributed by atoms with van der Waals surface area (Å²) >= 11 is 0. The molecule has 21 heavy (non-hydrogen) atoms. The van der Waals surface area contributed by atoms with E-state index in [1.807, 2.05) is 36.4 Å². The molecule has 0 saturated heterocycles. The van der Waals surface area contributed by atoms with Gasteiger partial charge < -0.3 is 14.9 Å². The van der Waals surface area contributed by atoms with Crippen LogP contribution in [0.25, 0.3) is 11.1 Å². The number of hydrogen-bond donors (Lipinski definition) is 2. The normalized spacial score (nSPS) is 10.3. The number of carbonyl (C=O) groups is 1. The van der Waals surface area contributed by atoms with Gasteiger partial charge in [-0.15, -0.1) is 0 Å². The lowest BCUT2D eigenvalue weighted by atomic mass is 9.95. The molecule has 0 saturated carbocycles. The van der Waals surface area contributed by atoms with Crippen LogP contribution in [0, 0.1) is 0 Å². The highest BCUT2D eigenvalue weighted by molar-refractivity contribution is 5.78. The van der Waals surface area contributed by atoms with Crippen LogP contribution in [0.15, 0.2) is 42.5 Å². The molecule has 0 atom stereocenters. The Morgan fingerprint density at radius 3 is 2.48 bits per heavy atom. The molecule has 4 heteroatoms. The molecule has 110 valence electrons. The fraction of sp³-hybridized carbons (Fsp3) is 0.235. The molecule has 2 rings (SSSR count). The van der Waals surface area contributed by atoms with Crippen LogP contribution < -0.4 is 4.74 Å². The third kappa shape index (κ3) is 3.54. The van der Waals surface area contributed by atoms with E-state index in [0.29, 0.717) is 5.56 Å². The van der Waals surface area contributed by atoms with Crippen LogP contribution >= 0.6 is 0 Å². The van der Waals surface area contributed by atoms with Crippen LogP contribution in [0.1, 0.15) is 25.3 Å². The number of phenolic OH excluding ortho intramolecular Hbond substituents is 1. The van der Waals surface area contributed by atoms with Crippen LogP contribution in [-0.2, 0) is 6.42 Å². The second-order valence-electron chi connectivity index (χ2n) is 4.78. The fourth-order valence-corrected chi connectivity index (χ4v) is 2.29. The van der Waals surface area contributed by atoms with Crippen molar-refractivity contribution in [2.24, 2.45) is 0 Å².